The highest BCUT2D eigenvalue weighted by Gasteiger charge is 2.20. The molecule has 0 aromatic rings. The molecular weight excluding hydrogens is 176 g/mol. The lowest BCUT2D eigenvalue weighted by Crippen LogP contribution is -2.32. The Balaban J connectivity index is 2.36. The van der Waals surface area contributed by atoms with Gasteiger partial charge in [-0.25, -0.2) is 4.18 Å². The van der Waals surface area contributed by atoms with Gasteiger partial charge in [0.25, 0.3) is 0 Å². The third-order valence-electron chi connectivity index (χ3n) is 1.01. The highest BCUT2D eigenvalue weighted by Crippen LogP contribution is 2.04. The van der Waals surface area contributed by atoms with Gasteiger partial charge in [-0.3, -0.25) is 4.55 Å². The predicted molar refractivity (Wildman–Crippen MR) is 33.2 cm³/mol. The van der Waals surface area contributed by atoms with Crippen LogP contribution in [-0.4, -0.2) is 39.1 Å². The maximum Gasteiger partial charge on any atom is 0.399 e. The van der Waals surface area contributed by atoms with Crippen molar-refractivity contribution in [1.29, 1.82) is 0 Å². The minimum atomic E-state index is -4.43. The Labute approximate surface area is 64.0 Å². The van der Waals surface area contributed by atoms with E-state index in [0.29, 0.717) is 6.61 Å². The van der Waals surface area contributed by atoms with Crippen molar-refractivity contribution in [3.63, 3.8) is 0 Å². The van der Waals surface area contributed by atoms with Crippen LogP contribution in [0.5, 0.6) is 0 Å². The summed E-state index contributed by atoms with van der Waals surface area (Å²) in [5.41, 5.74) is 0. The summed E-state index contributed by atoms with van der Waals surface area (Å²) in [6, 6.07) is 0. The molecule has 0 aliphatic carbocycles. The monoisotopic (exact) mass is 184 g/mol. The van der Waals surface area contributed by atoms with E-state index in [1.54, 1.807) is 0 Å². The third kappa shape index (κ3) is 3.63. The van der Waals surface area contributed by atoms with E-state index >= 15 is 0 Å². The molecule has 1 saturated heterocycles. The molecule has 1 aliphatic rings. The van der Waals surface area contributed by atoms with Gasteiger partial charge in [-0.05, 0) is 0 Å². The standard InChI is InChI=1S/C4H8O6S/c5-11(6,7)10-4-3-8-1-2-9-4/h4H,1-3H2,(H,5,6,7). The van der Waals surface area contributed by atoms with Crippen LogP contribution in [0.25, 0.3) is 0 Å². The Morgan fingerprint density at radius 1 is 1.45 bits per heavy atom. The number of ether oxygens (including phenoxy) is 2. The summed E-state index contributed by atoms with van der Waals surface area (Å²) < 4.78 is 42.0. The van der Waals surface area contributed by atoms with Gasteiger partial charge >= 0.3 is 10.4 Å². The Kier molecular flexibility index (Phi) is 2.79. The lowest BCUT2D eigenvalue weighted by Gasteiger charge is -2.20. The highest BCUT2D eigenvalue weighted by atomic mass is 32.3. The fourth-order valence-electron chi connectivity index (χ4n) is 0.657. The molecule has 1 N–H and O–H groups in total. The first-order valence-electron chi connectivity index (χ1n) is 2.93. The van der Waals surface area contributed by atoms with E-state index in [1.807, 2.05) is 0 Å². The minimum Gasteiger partial charge on any atom is -0.374 e. The van der Waals surface area contributed by atoms with Crippen molar-refractivity contribution in [2.75, 3.05) is 19.8 Å². The molecular formula is C4H8O6S. The van der Waals surface area contributed by atoms with Crippen molar-refractivity contribution in [3.05, 3.63) is 0 Å². The van der Waals surface area contributed by atoms with Crippen LogP contribution in [0.4, 0.5) is 0 Å². The Morgan fingerprint density at radius 2 is 2.18 bits per heavy atom. The largest absolute Gasteiger partial charge is 0.399 e. The topological polar surface area (TPSA) is 82.1 Å². The van der Waals surface area contributed by atoms with Crippen molar-refractivity contribution >= 4 is 10.4 Å². The van der Waals surface area contributed by atoms with Gasteiger partial charge < -0.3 is 9.47 Å². The van der Waals surface area contributed by atoms with Gasteiger partial charge in [0.1, 0.15) is 0 Å². The second-order valence-corrected chi connectivity index (χ2v) is 2.95. The smallest absolute Gasteiger partial charge is 0.374 e. The lowest BCUT2D eigenvalue weighted by molar-refractivity contribution is -0.171. The zero-order valence-electron chi connectivity index (χ0n) is 5.60. The van der Waals surface area contributed by atoms with Crippen molar-refractivity contribution in [2.24, 2.45) is 0 Å². The molecule has 0 amide bonds. The summed E-state index contributed by atoms with van der Waals surface area (Å²) in [5, 5.41) is 0. The molecule has 1 atom stereocenters. The molecule has 0 spiro atoms. The molecule has 11 heavy (non-hydrogen) atoms. The average Bonchev–Trinajstić information content (AvgIpc) is 1.85. The first kappa shape index (κ1) is 8.88. The Morgan fingerprint density at radius 3 is 2.64 bits per heavy atom. The van der Waals surface area contributed by atoms with Gasteiger partial charge in [-0.1, -0.05) is 0 Å². The van der Waals surface area contributed by atoms with Crippen LogP contribution in [0.2, 0.25) is 0 Å². The van der Waals surface area contributed by atoms with Crippen LogP contribution in [0.1, 0.15) is 0 Å². The van der Waals surface area contributed by atoms with E-state index < -0.39 is 16.7 Å². The van der Waals surface area contributed by atoms with E-state index in [0.717, 1.165) is 0 Å². The van der Waals surface area contributed by atoms with E-state index in [4.69, 9.17) is 14.0 Å². The average molecular weight is 184 g/mol. The van der Waals surface area contributed by atoms with Gasteiger partial charge in [-0.2, -0.15) is 8.42 Å². The second kappa shape index (κ2) is 3.46. The van der Waals surface area contributed by atoms with Crippen LogP contribution in [0.3, 0.4) is 0 Å². The molecule has 0 saturated carbocycles. The highest BCUT2D eigenvalue weighted by molar-refractivity contribution is 7.80. The van der Waals surface area contributed by atoms with Gasteiger partial charge in [0, 0.05) is 0 Å². The Hall–Kier alpha value is -0.210. The van der Waals surface area contributed by atoms with Gasteiger partial charge in [0.2, 0.25) is 6.29 Å². The first-order chi connectivity index (χ1) is 5.08. The van der Waals surface area contributed by atoms with Crippen molar-refractivity contribution < 1.29 is 26.6 Å². The summed E-state index contributed by atoms with van der Waals surface area (Å²) in [6.45, 7) is 0.686. The zero-order chi connectivity index (χ0) is 8.32. The van der Waals surface area contributed by atoms with Crippen LogP contribution < -0.4 is 0 Å². The zero-order valence-corrected chi connectivity index (χ0v) is 6.41. The van der Waals surface area contributed by atoms with Crippen LogP contribution in [0, 0.1) is 0 Å². The first-order valence-corrected chi connectivity index (χ1v) is 4.29. The summed E-state index contributed by atoms with van der Waals surface area (Å²) in [5.74, 6) is 0. The molecule has 7 heteroatoms. The Bertz CT molecular complexity index is 203. The molecule has 0 aromatic carbocycles. The molecule has 1 heterocycles. The fourth-order valence-corrected chi connectivity index (χ4v) is 1.04. The molecule has 66 valence electrons. The summed E-state index contributed by atoms with van der Waals surface area (Å²) in [6.07, 6.45) is -1.02. The van der Waals surface area contributed by atoms with Gasteiger partial charge in [0.05, 0.1) is 19.8 Å². The maximum atomic E-state index is 10.1. The van der Waals surface area contributed by atoms with E-state index in [2.05, 4.69) is 4.18 Å². The molecule has 6 nitrogen and oxygen atoms in total. The molecule has 1 unspecified atom stereocenters. The van der Waals surface area contributed by atoms with Crippen molar-refractivity contribution in [2.45, 2.75) is 6.29 Å². The van der Waals surface area contributed by atoms with E-state index in [-0.39, 0.29) is 13.2 Å². The second-order valence-electron chi connectivity index (χ2n) is 1.90. The van der Waals surface area contributed by atoms with E-state index in [9.17, 15) is 8.42 Å². The number of hydrogen-bond donors (Lipinski definition) is 1. The van der Waals surface area contributed by atoms with Crippen LogP contribution in [-0.2, 0) is 24.1 Å². The molecule has 0 bridgehead atoms. The van der Waals surface area contributed by atoms with Gasteiger partial charge in [-0.15, -0.1) is 0 Å². The maximum absolute atomic E-state index is 10.1. The lowest BCUT2D eigenvalue weighted by atomic mass is 10.6. The predicted octanol–water partition coefficient (Wildman–Crippen LogP) is -0.821. The summed E-state index contributed by atoms with van der Waals surface area (Å²) in [4.78, 5) is 0. The normalized spacial score (nSPS) is 26.8. The van der Waals surface area contributed by atoms with E-state index in [1.165, 1.54) is 0 Å². The fraction of sp³-hybridized carbons (Fsp3) is 1.00. The summed E-state index contributed by atoms with van der Waals surface area (Å²) in [7, 11) is -4.43. The minimum absolute atomic E-state index is 0.0137. The number of rotatable bonds is 2. The quantitative estimate of drug-likeness (QED) is 0.564. The molecule has 1 rings (SSSR count). The van der Waals surface area contributed by atoms with Crippen molar-refractivity contribution in [1.82, 2.24) is 0 Å². The van der Waals surface area contributed by atoms with Crippen LogP contribution in [0.15, 0.2) is 0 Å². The molecule has 1 aliphatic heterocycles. The van der Waals surface area contributed by atoms with Crippen molar-refractivity contribution in [3.8, 4) is 0 Å². The molecule has 0 aromatic heterocycles. The molecule has 0 radical (unpaired) electrons. The number of hydrogen-bond acceptors (Lipinski definition) is 5. The van der Waals surface area contributed by atoms with Gasteiger partial charge in [0.15, 0.2) is 0 Å². The SMILES string of the molecule is O=S(=O)(O)OC1COCCO1. The molecule has 1 fully saturated rings. The summed E-state index contributed by atoms with van der Waals surface area (Å²) >= 11 is 0. The third-order valence-corrected chi connectivity index (χ3v) is 1.47. The van der Waals surface area contributed by atoms with Crippen LogP contribution >= 0.6 is 0 Å².